The van der Waals surface area contributed by atoms with Crippen LogP contribution in [0, 0.1) is 0 Å². The van der Waals surface area contributed by atoms with Crippen LogP contribution in [0.25, 0.3) is 100 Å². The normalized spacial score (nSPS) is 12.6. The number of nitrogens with zero attached hydrogens (tertiary/aromatic N) is 2. The van der Waals surface area contributed by atoms with Gasteiger partial charge in [-0.05, 0) is 95.7 Å². The molecule has 0 N–H and O–H groups in total. The van der Waals surface area contributed by atoms with E-state index in [-0.39, 0.29) is 5.41 Å². The summed E-state index contributed by atoms with van der Waals surface area (Å²) in [6, 6.07) is 78.5. The molecule has 0 atom stereocenters. The Morgan fingerprint density at radius 2 is 0.738 bits per heavy atom. The third-order valence-electron chi connectivity index (χ3n) is 12.6. The maximum atomic E-state index is 5.21. The largest absolute Gasteiger partial charge is 0.228 e. The molecule has 0 spiro atoms. The Bertz CT molecular complexity index is 3240. The zero-order valence-electron chi connectivity index (χ0n) is 34.2. The van der Waals surface area contributed by atoms with Crippen molar-refractivity contribution in [3.8, 4) is 89.5 Å². The SMILES string of the molecule is CC1(C)c2ccccc2-c2ccc(-c3cccc(-c4ccc(-c5ccc(-c6cc(-c7ccc(-c8ccccc8)cc7)nc(-c7ccccc7)n6)c6ccccc56)cc4)c3)cc21. The second-order valence-electron chi connectivity index (χ2n) is 16.6. The molecular formula is C59H42N2. The van der Waals surface area contributed by atoms with Gasteiger partial charge in [0.1, 0.15) is 0 Å². The molecule has 0 amide bonds. The van der Waals surface area contributed by atoms with Gasteiger partial charge >= 0.3 is 0 Å². The zero-order valence-corrected chi connectivity index (χ0v) is 34.2. The number of hydrogen-bond donors (Lipinski definition) is 0. The predicted molar refractivity (Wildman–Crippen MR) is 255 cm³/mol. The van der Waals surface area contributed by atoms with Crippen molar-refractivity contribution in [1.29, 1.82) is 0 Å². The molecule has 0 fully saturated rings. The van der Waals surface area contributed by atoms with Crippen molar-refractivity contribution < 1.29 is 0 Å². The summed E-state index contributed by atoms with van der Waals surface area (Å²) in [7, 11) is 0. The molecule has 2 nitrogen and oxygen atoms in total. The number of rotatable bonds is 7. The van der Waals surface area contributed by atoms with Gasteiger partial charge in [-0.15, -0.1) is 0 Å². The fourth-order valence-electron chi connectivity index (χ4n) is 9.29. The first-order valence-electron chi connectivity index (χ1n) is 21.1. The number of benzene rings is 9. The minimum Gasteiger partial charge on any atom is -0.228 e. The summed E-state index contributed by atoms with van der Waals surface area (Å²) >= 11 is 0. The van der Waals surface area contributed by atoms with Crippen molar-refractivity contribution in [3.63, 3.8) is 0 Å². The van der Waals surface area contributed by atoms with E-state index >= 15 is 0 Å². The van der Waals surface area contributed by atoms with E-state index in [1.807, 2.05) is 24.3 Å². The maximum absolute atomic E-state index is 5.21. The maximum Gasteiger partial charge on any atom is 0.160 e. The molecule has 2 heteroatoms. The molecule has 61 heavy (non-hydrogen) atoms. The summed E-state index contributed by atoms with van der Waals surface area (Å²) in [5, 5.41) is 2.34. The smallest absolute Gasteiger partial charge is 0.160 e. The molecule has 9 aromatic carbocycles. The van der Waals surface area contributed by atoms with Crippen LogP contribution >= 0.6 is 0 Å². The molecule has 1 aromatic heterocycles. The average molecular weight is 779 g/mol. The second kappa shape index (κ2) is 14.9. The van der Waals surface area contributed by atoms with Gasteiger partial charge in [0.25, 0.3) is 0 Å². The molecule has 10 aromatic rings. The standard InChI is InChI=1S/C59H42N2/c1-59(2)54-23-12-11-22-51(54)52-33-32-47(37-55(52)59)46-19-13-18-45(36-46)41-24-28-42(29-25-41)48-34-35-53(50-21-10-9-20-49(48)50)57-38-56(60-58(61-57)44-16-7-4-8-17-44)43-30-26-40(27-31-43)39-14-5-3-6-15-39/h3-38H,1-2H3. The first-order chi connectivity index (χ1) is 30.0. The Morgan fingerprint density at radius 3 is 1.48 bits per heavy atom. The molecule has 0 unspecified atom stereocenters. The Morgan fingerprint density at radius 1 is 0.279 bits per heavy atom. The van der Waals surface area contributed by atoms with E-state index in [0.29, 0.717) is 5.82 Å². The Balaban J connectivity index is 0.930. The van der Waals surface area contributed by atoms with Crippen molar-refractivity contribution >= 4 is 10.8 Å². The predicted octanol–water partition coefficient (Wildman–Crippen LogP) is 15.6. The lowest BCUT2D eigenvalue weighted by atomic mass is 9.81. The highest BCUT2D eigenvalue weighted by molar-refractivity contribution is 6.05. The highest BCUT2D eigenvalue weighted by atomic mass is 14.9. The summed E-state index contributed by atoms with van der Waals surface area (Å²) in [6.45, 7) is 4.69. The molecule has 0 aliphatic heterocycles. The highest BCUT2D eigenvalue weighted by Crippen LogP contribution is 2.49. The molecule has 11 rings (SSSR count). The van der Waals surface area contributed by atoms with Gasteiger partial charge in [0.15, 0.2) is 5.82 Å². The van der Waals surface area contributed by atoms with Gasteiger partial charge in [0.2, 0.25) is 0 Å². The lowest BCUT2D eigenvalue weighted by Crippen LogP contribution is -2.14. The molecular weight excluding hydrogens is 737 g/mol. The fraction of sp³-hybridized carbons (Fsp3) is 0.0508. The van der Waals surface area contributed by atoms with Gasteiger partial charge in [-0.2, -0.15) is 0 Å². The summed E-state index contributed by atoms with van der Waals surface area (Å²) in [6.07, 6.45) is 0. The van der Waals surface area contributed by atoms with Crippen LogP contribution in [-0.2, 0) is 5.41 Å². The Kier molecular flexibility index (Phi) is 8.86. The summed E-state index contributed by atoms with van der Waals surface area (Å²) < 4.78 is 0. The van der Waals surface area contributed by atoms with E-state index in [4.69, 9.17) is 9.97 Å². The average Bonchev–Trinajstić information content (AvgIpc) is 3.56. The first kappa shape index (κ1) is 36.4. The first-order valence-corrected chi connectivity index (χ1v) is 21.1. The lowest BCUT2D eigenvalue weighted by molar-refractivity contribution is 0.660. The van der Waals surface area contributed by atoms with Crippen LogP contribution in [0.5, 0.6) is 0 Å². The van der Waals surface area contributed by atoms with Crippen LogP contribution in [0.4, 0.5) is 0 Å². The molecule has 288 valence electrons. The lowest BCUT2D eigenvalue weighted by Gasteiger charge is -2.22. The molecule has 1 aliphatic rings. The summed E-state index contributed by atoms with van der Waals surface area (Å²) in [5.74, 6) is 0.707. The third-order valence-corrected chi connectivity index (χ3v) is 12.6. The monoisotopic (exact) mass is 778 g/mol. The van der Waals surface area contributed by atoms with Crippen molar-refractivity contribution in [2.24, 2.45) is 0 Å². The zero-order chi connectivity index (χ0) is 40.9. The van der Waals surface area contributed by atoms with E-state index in [1.54, 1.807) is 0 Å². The Labute approximate surface area is 357 Å². The van der Waals surface area contributed by atoms with Gasteiger partial charge in [0, 0.05) is 22.1 Å². The molecule has 0 radical (unpaired) electrons. The fourth-order valence-corrected chi connectivity index (χ4v) is 9.29. The van der Waals surface area contributed by atoms with E-state index in [0.717, 1.165) is 33.5 Å². The number of aromatic nitrogens is 2. The molecule has 0 bridgehead atoms. The van der Waals surface area contributed by atoms with Crippen molar-refractivity contribution in [3.05, 3.63) is 230 Å². The third kappa shape index (κ3) is 6.54. The van der Waals surface area contributed by atoms with Crippen molar-refractivity contribution in [2.75, 3.05) is 0 Å². The minimum absolute atomic E-state index is 0.0312. The summed E-state index contributed by atoms with van der Waals surface area (Å²) in [5.41, 5.74) is 20.0. The molecule has 1 heterocycles. The van der Waals surface area contributed by atoms with Crippen LogP contribution in [0.3, 0.4) is 0 Å². The van der Waals surface area contributed by atoms with Crippen LogP contribution in [0.15, 0.2) is 218 Å². The van der Waals surface area contributed by atoms with Gasteiger partial charge < -0.3 is 0 Å². The van der Waals surface area contributed by atoms with Crippen LogP contribution in [0.1, 0.15) is 25.0 Å². The van der Waals surface area contributed by atoms with Crippen molar-refractivity contribution in [1.82, 2.24) is 9.97 Å². The molecule has 0 saturated carbocycles. The molecule has 0 saturated heterocycles. The summed E-state index contributed by atoms with van der Waals surface area (Å²) in [4.78, 5) is 10.3. The minimum atomic E-state index is -0.0312. The molecule has 1 aliphatic carbocycles. The second-order valence-corrected chi connectivity index (χ2v) is 16.6. The van der Waals surface area contributed by atoms with Crippen LogP contribution < -0.4 is 0 Å². The topological polar surface area (TPSA) is 25.8 Å². The van der Waals surface area contributed by atoms with E-state index in [1.165, 1.54) is 72.1 Å². The quantitative estimate of drug-likeness (QED) is 0.161. The van der Waals surface area contributed by atoms with E-state index < -0.39 is 0 Å². The van der Waals surface area contributed by atoms with E-state index in [2.05, 4.69) is 208 Å². The van der Waals surface area contributed by atoms with Gasteiger partial charge in [-0.25, -0.2) is 9.97 Å². The van der Waals surface area contributed by atoms with Crippen LogP contribution in [0.2, 0.25) is 0 Å². The van der Waals surface area contributed by atoms with Gasteiger partial charge in [-0.3, -0.25) is 0 Å². The van der Waals surface area contributed by atoms with Crippen molar-refractivity contribution in [2.45, 2.75) is 19.3 Å². The highest BCUT2D eigenvalue weighted by Gasteiger charge is 2.35. The number of fused-ring (bicyclic) bond motifs is 4. The number of hydrogen-bond acceptors (Lipinski definition) is 2. The van der Waals surface area contributed by atoms with Gasteiger partial charge in [0.05, 0.1) is 11.4 Å². The van der Waals surface area contributed by atoms with E-state index in [9.17, 15) is 0 Å². The Hall–Kier alpha value is -7.68. The van der Waals surface area contributed by atoms with Gasteiger partial charge in [-0.1, -0.05) is 214 Å². The van der Waals surface area contributed by atoms with Crippen LogP contribution in [-0.4, -0.2) is 9.97 Å².